The standard InChI is InChI=1S/C22H26N4O2/c1-3-25(4-2)21(28)16-10-15-20(27)24-22-23-18-13-8-9-14-19(18)26(22)17-11-6-5-7-12-17/h5-9,11-14H,3-4,10,15-16H2,1-2H3,(H,23,24,27). The van der Waals surface area contributed by atoms with Crippen molar-refractivity contribution in [3.8, 4) is 5.69 Å². The summed E-state index contributed by atoms with van der Waals surface area (Å²) in [5, 5.41) is 2.92. The minimum atomic E-state index is -0.139. The molecule has 2 amide bonds. The summed E-state index contributed by atoms with van der Waals surface area (Å²) >= 11 is 0. The van der Waals surface area contributed by atoms with Gasteiger partial charge in [0.25, 0.3) is 0 Å². The molecule has 146 valence electrons. The summed E-state index contributed by atoms with van der Waals surface area (Å²) in [5.41, 5.74) is 2.68. The highest BCUT2D eigenvalue weighted by Crippen LogP contribution is 2.24. The summed E-state index contributed by atoms with van der Waals surface area (Å²) in [5.74, 6) is 0.446. The van der Waals surface area contributed by atoms with Crippen molar-refractivity contribution in [3.05, 3.63) is 54.6 Å². The highest BCUT2D eigenvalue weighted by molar-refractivity contribution is 5.92. The Balaban J connectivity index is 1.72. The molecule has 0 saturated carbocycles. The lowest BCUT2D eigenvalue weighted by molar-refractivity contribution is -0.130. The lowest BCUT2D eigenvalue weighted by Gasteiger charge is -2.18. The molecule has 2 aromatic carbocycles. The molecule has 0 unspecified atom stereocenters. The maximum atomic E-state index is 12.5. The van der Waals surface area contributed by atoms with Crippen molar-refractivity contribution in [2.75, 3.05) is 18.4 Å². The minimum absolute atomic E-state index is 0.0920. The van der Waals surface area contributed by atoms with Gasteiger partial charge in [-0.3, -0.25) is 19.5 Å². The fourth-order valence-corrected chi connectivity index (χ4v) is 3.27. The number of nitrogens with zero attached hydrogens (tertiary/aromatic N) is 3. The van der Waals surface area contributed by atoms with Crippen LogP contribution in [0.2, 0.25) is 0 Å². The monoisotopic (exact) mass is 378 g/mol. The zero-order valence-electron chi connectivity index (χ0n) is 16.4. The number of anilines is 1. The molecular formula is C22H26N4O2. The molecule has 0 bridgehead atoms. The van der Waals surface area contributed by atoms with Gasteiger partial charge >= 0.3 is 0 Å². The highest BCUT2D eigenvalue weighted by Gasteiger charge is 2.15. The van der Waals surface area contributed by atoms with Crippen molar-refractivity contribution in [2.45, 2.75) is 33.1 Å². The molecule has 28 heavy (non-hydrogen) atoms. The maximum absolute atomic E-state index is 12.5. The zero-order chi connectivity index (χ0) is 19.9. The van der Waals surface area contributed by atoms with Crippen LogP contribution >= 0.6 is 0 Å². The number of hydrogen-bond donors (Lipinski definition) is 1. The Labute approximate surface area is 165 Å². The van der Waals surface area contributed by atoms with E-state index in [4.69, 9.17) is 0 Å². The van der Waals surface area contributed by atoms with E-state index in [9.17, 15) is 9.59 Å². The molecule has 0 fully saturated rings. The Morgan fingerprint density at radius 1 is 0.964 bits per heavy atom. The molecule has 3 aromatic rings. The summed E-state index contributed by atoms with van der Waals surface area (Å²) in [6.45, 7) is 5.32. The van der Waals surface area contributed by atoms with Crippen LogP contribution in [0.3, 0.4) is 0 Å². The Hall–Kier alpha value is -3.15. The lowest BCUT2D eigenvalue weighted by Crippen LogP contribution is -2.30. The number of aromatic nitrogens is 2. The van der Waals surface area contributed by atoms with Crippen LogP contribution < -0.4 is 5.32 Å². The molecule has 0 atom stereocenters. The van der Waals surface area contributed by atoms with Crippen molar-refractivity contribution in [1.29, 1.82) is 0 Å². The van der Waals surface area contributed by atoms with E-state index in [1.54, 1.807) is 4.90 Å². The summed E-state index contributed by atoms with van der Waals surface area (Å²) < 4.78 is 1.94. The van der Waals surface area contributed by atoms with Crippen molar-refractivity contribution in [2.24, 2.45) is 0 Å². The van der Waals surface area contributed by atoms with Gasteiger partial charge in [0.15, 0.2) is 0 Å². The first-order valence-corrected chi connectivity index (χ1v) is 9.74. The first-order chi connectivity index (χ1) is 13.6. The number of para-hydroxylation sites is 3. The van der Waals surface area contributed by atoms with Crippen LogP contribution in [0.1, 0.15) is 33.1 Å². The van der Waals surface area contributed by atoms with E-state index in [1.807, 2.05) is 73.0 Å². The molecular weight excluding hydrogens is 352 g/mol. The maximum Gasteiger partial charge on any atom is 0.226 e. The highest BCUT2D eigenvalue weighted by atomic mass is 16.2. The van der Waals surface area contributed by atoms with Gasteiger partial charge in [-0.2, -0.15) is 0 Å². The molecule has 6 nitrogen and oxygen atoms in total. The van der Waals surface area contributed by atoms with Gasteiger partial charge in [0.2, 0.25) is 17.8 Å². The second-order valence-corrected chi connectivity index (χ2v) is 6.56. The largest absolute Gasteiger partial charge is 0.343 e. The summed E-state index contributed by atoms with van der Waals surface area (Å²) in [7, 11) is 0. The first kappa shape index (κ1) is 19.6. The van der Waals surface area contributed by atoms with E-state index in [0.29, 0.717) is 31.9 Å². The molecule has 0 aliphatic carbocycles. The normalized spacial score (nSPS) is 10.8. The number of carbonyl (C=O) groups excluding carboxylic acids is 2. The number of fused-ring (bicyclic) bond motifs is 1. The number of amides is 2. The topological polar surface area (TPSA) is 67.2 Å². The number of imidazole rings is 1. The third-order valence-electron chi connectivity index (χ3n) is 4.74. The second kappa shape index (κ2) is 9.17. The summed E-state index contributed by atoms with van der Waals surface area (Å²) in [4.78, 5) is 30.9. The smallest absolute Gasteiger partial charge is 0.226 e. The Morgan fingerprint density at radius 2 is 1.64 bits per heavy atom. The van der Waals surface area contributed by atoms with Crippen molar-refractivity contribution < 1.29 is 9.59 Å². The van der Waals surface area contributed by atoms with E-state index in [0.717, 1.165) is 16.7 Å². The average Bonchev–Trinajstić information content (AvgIpc) is 3.07. The lowest BCUT2D eigenvalue weighted by atomic mass is 10.2. The molecule has 1 aromatic heterocycles. The van der Waals surface area contributed by atoms with Crippen molar-refractivity contribution in [1.82, 2.24) is 14.5 Å². The molecule has 0 aliphatic heterocycles. The fourth-order valence-electron chi connectivity index (χ4n) is 3.27. The van der Waals surface area contributed by atoms with Gasteiger partial charge < -0.3 is 4.90 Å². The third kappa shape index (κ3) is 4.39. The van der Waals surface area contributed by atoms with Gasteiger partial charge in [0.1, 0.15) is 0 Å². The molecule has 1 heterocycles. The molecule has 6 heteroatoms. The molecule has 1 N–H and O–H groups in total. The number of hydrogen-bond acceptors (Lipinski definition) is 3. The van der Waals surface area contributed by atoms with Crippen molar-refractivity contribution in [3.63, 3.8) is 0 Å². The Kier molecular flexibility index (Phi) is 6.42. The van der Waals surface area contributed by atoms with E-state index < -0.39 is 0 Å². The van der Waals surface area contributed by atoms with E-state index in [2.05, 4.69) is 10.3 Å². The number of benzene rings is 2. The Morgan fingerprint density at radius 3 is 2.36 bits per heavy atom. The van der Waals surface area contributed by atoms with Gasteiger partial charge in [-0.05, 0) is 44.5 Å². The minimum Gasteiger partial charge on any atom is -0.343 e. The van der Waals surface area contributed by atoms with Crippen LogP contribution in [0.25, 0.3) is 16.7 Å². The van der Waals surface area contributed by atoms with E-state index >= 15 is 0 Å². The van der Waals surface area contributed by atoms with Gasteiger partial charge in [-0.25, -0.2) is 4.98 Å². The quantitative estimate of drug-likeness (QED) is 0.644. The Bertz CT molecular complexity index is 946. The number of carbonyl (C=O) groups is 2. The fraction of sp³-hybridized carbons (Fsp3) is 0.318. The zero-order valence-corrected chi connectivity index (χ0v) is 16.4. The van der Waals surface area contributed by atoms with Crippen molar-refractivity contribution >= 4 is 28.8 Å². The number of rotatable bonds is 8. The molecule has 0 saturated heterocycles. The molecule has 0 spiro atoms. The van der Waals surface area contributed by atoms with Gasteiger partial charge in [0, 0.05) is 31.6 Å². The van der Waals surface area contributed by atoms with Gasteiger partial charge in [-0.1, -0.05) is 30.3 Å². The summed E-state index contributed by atoms with van der Waals surface area (Å²) in [6, 6.07) is 17.6. The predicted molar refractivity (Wildman–Crippen MR) is 111 cm³/mol. The van der Waals surface area contributed by atoms with Crippen LogP contribution in [0, 0.1) is 0 Å². The van der Waals surface area contributed by atoms with E-state index in [-0.39, 0.29) is 18.2 Å². The van der Waals surface area contributed by atoms with E-state index in [1.165, 1.54) is 0 Å². The third-order valence-corrected chi connectivity index (χ3v) is 4.74. The molecule has 0 radical (unpaired) electrons. The van der Waals surface area contributed by atoms with Crippen LogP contribution in [-0.2, 0) is 9.59 Å². The molecule has 3 rings (SSSR count). The van der Waals surface area contributed by atoms with Crippen LogP contribution in [0.5, 0.6) is 0 Å². The van der Waals surface area contributed by atoms with Gasteiger partial charge in [-0.15, -0.1) is 0 Å². The molecule has 0 aliphatic rings. The van der Waals surface area contributed by atoms with Gasteiger partial charge in [0.05, 0.1) is 11.0 Å². The van der Waals surface area contributed by atoms with Crippen LogP contribution in [-0.4, -0.2) is 39.4 Å². The second-order valence-electron chi connectivity index (χ2n) is 6.56. The number of nitrogens with one attached hydrogen (secondary N) is 1. The SMILES string of the molecule is CCN(CC)C(=O)CCCC(=O)Nc1nc2ccccc2n1-c1ccccc1. The average molecular weight is 378 g/mol. The van der Waals surface area contributed by atoms with Crippen LogP contribution in [0.15, 0.2) is 54.6 Å². The van der Waals surface area contributed by atoms with Crippen LogP contribution in [0.4, 0.5) is 5.95 Å². The summed E-state index contributed by atoms with van der Waals surface area (Å²) in [6.07, 6.45) is 1.18. The first-order valence-electron chi connectivity index (χ1n) is 9.74. The predicted octanol–water partition coefficient (Wildman–Crippen LogP) is 4.00.